The van der Waals surface area contributed by atoms with Gasteiger partial charge in [0, 0.05) is 10.0 Å². The van der Waals surface area contributed by atoms with Crippen molar-refractivity contribution in [2.45, 2.75) is 9.79 Å². The molecule has 0 N–H and O–H groups in total. The number of sulfone groups is 2. The van der Waals surface area contributed by atoms with Gasteiger partial charge in [0.25, 0.3) is 0 Å². The summed E-state index contributed by atoms with van der Waals surface area (Å²) in [6.07, 6.45) is 0. The van der Waals surface area contributed by atoms with Gasteiger partial charge in [-0.2, -0.15) is 0 Å². The zero-order chi connectivity index (χ0) is 17.4. The molecule has 0 atom stereocenters. The van der Waals surface area contributed by atoms with Gasteiger partial charge < -0.3 is 0 Å². The van der Waals surface area contributed by atoms with Crippen molar-refractivity contribution in [1.29, 1.82) is 0 Å². The van der Waals surface area contributed by atoms with E-state index in [1.807, 2.05) is 0 Å². The van der Waals surface area contributed by atoms with Gasteiger partial charge in [-0.3, -0.25) is 0 Å². The van der Waals surface area contributed by atoms with Crippen molar-refractivity contribution < 1.29 is 16.8 Å². The molecule has 2 aromatic carbocycles. The van der Waals surface area contributed by atoms with Crippen molar-refractivity contribution in [2.24, 2.45) is 0 Å². The maximum atomic E-state index is 12.4. The molecule has 0 amide bonds. The molecule has 0 aromatic heterocycles. The minimum atomic E-state index is -4.21. The highest BCUT2D eigenvalue weighted by atomic mass is 35.5. The van der Waals surface area contributed by atoms with Crippen LogP contribution < -0.4 is 0 Å². The second-order valence-corrected chi connectivity index (χ2v) is 10.5. The van der Waals surface area contributed by atoms with Crippen LogP contribution in [0.25, 0.3) is 0 Å². The molecule has 0 unspecified atom stereocenters. The van der Waals surface area contributed by atoms with Crippen molar-refractivity contribution in [1.82, 2.24) is 0 Å². The fraction of sp³-hybridized carbons (Fsp3) is 0.0769. The van der Waals surface area contributed by atoms with Crippen LogP contribution in [-0.4, -0.2) is 21.9 Å². The minimum absolute atomic E-state index is 0.157. The number of hydrogen-bond donors (Lipinski definition) is 0. The van der Waals surface area contributed by atoms with Gasteiger partial charge in [-0.1, -0.05) is 46.4 Å². The fourth-order valence-electron chi connectivity index (χ4n) is 1.79. The Bertz CT molecular complexity index is 890. The molecule has 0 aliphatic heterocycles. The van der Waals surface area contributed by atoms with Gasteiger partial charge in [-0.05, 0) is 36.4 Å². The average molecular weight is 434 g/mol. The van der Waals surface area contributed by atoms with E-state index in [9.17, 15) is 16.8 Å². The molecule has 23 heavy (non-hydrogen) atoms. The standard InChI is InChI=1S/C13H8Cl4O4S2/c14-8-1-3-12(10(16)5-8)22(18,19)7-23(20,21)13-4-2-9(15)6-11(13)17/h1-6H,7H2. The Morgan fingerprint density at radius 1 is 0.652 bits per heavy atom. The Kier molecular flexibility index (Phi) is 5.55. The van der Waals surface area contributed by atoms with E-state index in [4.69, 9.17) is 46.4 Å². The number of rotatable bonds is 4. The monoisotopic (exact) mass is 432 g/mol. The van der Waals surface area contributed by atoms with Crippen molar-refractivity contribution in [2.75, 3.05) is 5.08 Å². The lowest BCUT2D eigenvalue weighted by molar-refractivity contribution is 0.589. The van der Waals surface area contributed by atoms with Crippen LogP contribution in [-0.2, 0) is 19.7 Å². The van der Waals surface area contributed by atoms with Gasteiger partial charge in [0.1, 0.15) is 0 Å². The smallest absolute Gasteiger partial charge is 0.194 e. The van der Waals surface area contributed by atoms with Crippen LogP contribution in [0.1, 0.15) is 0 Å². The minimum Gasteiger partial charge on any atom is -0.223 e. The van der Waals surface area contributed by atoms with Gasteiger partial charge in [0.15, 0.2) is 24.8 Å². The Morgan fingerprint density at radius 2 is 1.00 bits per heavy atom. The van der Waals surface area contributed by atoms with E-state index in [1.54, 1.807) is 0 Å². The van der Waals surface area contributed by atoms with E-state index >= 15 is 0 Å². The summed E-state index contributed by atoms with van der Waals surface area (Å²) in [5, 5.41) is -1.03. The molecule has 2 rings (SSSR count). The molecule has 0 aliphatic rings. The zero-order valence-corrected chi connectivity index (χ0v) is 15.8. The number of halogens is 4. The van der Waals surface area contributed by atoms with Crippen molar-refractivity contribution in [3.8, 4) is 0 Å². The van der Waals surface area contributed by atoms with Crippen LogP contribution in [0.3, 0.4) is 0 Å². The Morgan fingerprint density at radius 3 is 1.30 bits per heavy atom. The maximum absolute atomic E-state index is 12.4. The highest BCUT2D eigenvalue weighted by Crippen LogP contribution is 2.30. The number of benzene rings is 2. The van der Waals surface area contributed by atoms with E-state index in [0.717, 1.165) is 12.1 Å². The van der Waals surface area contributed by atoms with Crippen LogP contribution in [0, 0.1) is 0 Å². The Balaban J connectivity index is 2.47. The molecule has 0 aliphatic carbocycles. The lowest BCUT2D eigenvalue weighted by Crippen LogP contribution is -2.17. The predicted octanol–water partition coefficient (Wildman–Crippen LogP) is 4.51. The molecule has 0 heterocycles. The van der Waals surface area contributed by atoms with Crippen LogP contribution >= 0.6 is 46.4 Å². The quantitative estimate of drug-likeness (QED) is 0.711. The van der Waals surface area contributed by atoms with Crippen LogP contribution in [0.2, 0.25) is 20.1 Å². The Labute approximate surface area is 153 Å². The van der Waals surface area contributed by atoms with Gasteiger partial charge in [-0.15, -0.1) is 0 Å². The van der Waals surface area contributed by atoms with E-state index in [2.05, 4.69) is 0 Å². The SMILES string of the molecule is O=S(=O)(CS(=O)(=O)c1ccc(Cl)cc1Cl)c1ccc(Cl)cc1Cl. The molecule has 124 valence electrons. The van der Waals surface area contributed by atoms with E-state index in [1.165, 1.54) is 24.3 Å². The highest BCUT2D eigenvalue weighted by molar-refractivity contribution is 8.08. The molecular formula is C13H8Cl4O4S2. The summed E-state index contributed by atoms with van der Waals surface area (Å²) >= 11 is 23.1. The molecule has 0 bridgehead atoms. The summed E-state index contributed by atoms with van der Waals surface area (Å²) < 4.78 is 49.4. The normalized spacial score (nSPS) is 12.3. The van der Waals surface area contributed by atoms with Crippen LogP contribution in [0.4, 0.5) is 0 Å². The molecule has 2 aromatic rings. The molecule has 0 saturated carbocycles. The third-order valence-electron chi connectivity index (χ3n) is 2.77. The van der Waals surface area contributed by atoms with E-state index in [-0.39, 0.29) is 29.9 Å². The first-order chi connectivity index (χ1) is 10.5. The van der Waals surface area contributed by atoms with Gasteiger partial charge in [0.2, 0.25) is 0 Å². The summed E-state index contributed by atoms with van der Waals surface area (Å²) in [5.41, 5.74) is 0. The first-order valence-corrected chi connectivity index (χ1v) is 10.7. The van der Waals surface area contributed by atoms with E-state index in [0.29, 0.717) is 0 Å². The second kappa shape index (κ2) is 6.78. The third kappa shape index (κ3) is 4.32. The largest absolute Gasteiger partial charge is 0.223 e. The molecular weight excluding hydrogens is 426 g/mol. The van der Waals surface area contributed by atoms with Gasteiger partial charge in [-0.25, -0.2) is 16.8 Å². The van der Waals surface area contributed by atoms with E-state index < -0.39 is 24.8 Å². The summed E-state index contributed by atoms with van der Waals surface area (Å²) in [5.74, 6) is 0. The predicted molar refractivity (Wildman–Crippen MR) is 92.2 cm³/mol. The third-order valence-corrected chi connectivity index (χ3v) is 8.62. The molecule has 0 fully saturated rings. The summed E-state index contributed by atoms with van der Waals surface area (Å²) in [6, 6.07) is 7.36. The van der Waals surface area contributed by atoms with Crippen molar-refractivity contribution >= 4 is 66.1 Å². The first kappa shape index (κ1) is 18.8. The molecule has 0 saturated heterocycles. The first-order valence-electron chi connectivity index (χ1n) is 5.88. The second-order valence-electron chi connectivity index (χ2n) is 4.50. The highest BCUT2D eigenvalue weighted by Gasteiger charge is 2.29. The summed E-state index contributed by atoms with van der Waals surface area (Å²) in [6.45, 7) is 0. The lowest BCUT2D eigenvalue weighted by atomic mass is 10.4. The van der Waals surface area contributed by atoms with Crippen molar-refractivity contribution in [3.05, 3.63) is 56.5 Å². The zero-order valence-electron chi connectivity index (χ0n) is 11.1. The van der Waals surface area contributed by atoms with Gasteiger partial charge >= 0.3 is 0 Å². The number of hydrogen-bond acceptors (Lipinski definition) is 4. The topological polar surface area (TPSA) is 68.3 Å². The summed E-state index contributed by atoms with van der Waals surface area (Å²) in [4.78, 5) is -0.644. The van der Waals surface area contributed by atoms with Gasteiger partial charge in [0.05, 0.1) is 19.8 Å². The molecule has 10 heteroatoms. The summed E-state index contributed by atoms with van der Waals surface area (Å²) in [7, 11) is -8.42. The molecule has 0 radical (unpaired) electrons. The van der Waals surface area contributed by atoms with Crippen LogP contribution in [0.15, 0.2) is 46.2 Å². The van der Waals surface area contributed by atoms with Crippen LogP contribution in [0.5, 0.6) is 0 Å². The van der Waals surface area contributed by atoms with Crippen molar-refractivity contribution in [3.63, 3.8) is 0 Å². The molecule has 0 spiro atoms. The lowest BCUT2D eigenvalue weighted by Gasteiger charge is -2.09. The Hall–Kier alpha value is -0.500. The maximum Gasteiger partial charge on any atom is 0.194 e. The average Bonchev–Trinajstić information content (AvgIpc) is 2.35. The fourth-order valence-corrected chi connectivity index (χ4v) is 7.22. The molecule has 4 nitrogen and oxygen atoms in total.